The first-order valence-corrected chi connectivity index (χ1v) is 9.70. The summed E-state index contributed by atoms with van der Waals surface area (Å²) in [6.07, 6.45) is 8.82. The molecule has 0 aliphatic heterocycles. The van der Waals surface area contributed by atoms with E-state index in [0.717, 1.165) is 0 Å². The molecule has 0 radical (unpaired) electrons. The number of hydrogen-bond acceptors (Lipinski definition) is 0. The van der Waals surface area contributed by atoms with E-state index in [2.05, 4.69) is 123 Å². The van der Waals surface area contributed by atoms with Crippen LogP contribution in [-0.4, -0.2) is 0 Å². The predicted octanol–water partition coefficient (Wildman–Crippen LogP) is 7.80. The summed E-state index contributed by atoms with van der Waals surface area (Å²) < 4.78 is 0. The molecule has 0 N–H and O–H groups in total. The van der Waals surface area contributed by atoms with Gasteiger partial charge in [0.2, 0.25) is 0 Å². The van der Waals surface area contributed by atoms with Crippen molar-refractivity contribution < 1.29 is 0 Å². The van der Waals surface area contributed by atoms with Gasteiger partial charge in [0, 0.05) is 0 Å². The van der Waals surface area contributed by atoms with Gasteiger partial charge in [-0.05, 0) is 46.9 Å². The zero-order chi connectivity index (χ0) is 19.3. The van der Waals surface area contributed by atoms with E-state index < -0.39 is 0 Å². The second kappa shape index (κ2) is 8.10. The Morgan fingerprint density at radius 2 is 0.893 bits per heavy atom. The molecule has 0 atom stereocenters. The van der Waals surface area contributed by atoms with Crippen LogP contribution in [0.3, 0.4) is 0 Å². The van der Waals surface area contributed by atoms with E-state index in [1.54, 1.807) is 0 Å². The van der Waals surface area contributed by atoms with Crippen molar-refractivity contribution in [1.82, 2.24) is 0 Å². The average molecular weight is 361 g/mol. The molecule has 0 fully saturated rings. The van der Waals surface area contributed by atoms with Crippen LogP contribution in [0.4, 0.5) is 0 Å². The fraction of sp³-hybridized carbons (Fsp3) is 0.0714. The molecular weight excluding hydrogens is 336 g/mol. The Bertz CT molecular complexity index is 1050. The van der Waals surface area contributed by atoms with Crippen LogP contribution in [-0.2, 0) is 0 Å². The molecule has 136 valence electrons. The molecule has 0 heterocycles. The van der Waals surface area contributed by atoms with E-state index in [9.17, 15) is 0 Å². The van der Waals surface area contributed by atoms with Gasteiger partial charge in [0.1, 0.15) is 0 Å². The predicted molar refractivity (Wildman–Crippen MR) is 124 cm³/mol. The maximum Gasteiger partial charge on any atom is -0.00389 e. The highest BCUT2D eigenvalue weighted by atomic mass is 14.1. The minimum Gasteiger partial charge on any atom is -0.0610 e. The lowest BCUT2D eigenvalue weighted by molar-refractivity contribution is 1.46. The highest BCUT2D eigenvalue weighted by Gasteiger charge is 2.02. The van der Waals surface area contributed by atoms with Gasteiger partial charge in [-0.15, -0.1) is 0 Å². The van der Waals surface area contributed by atoms with Gasteiger partial charge >= 0.3 is 0 Å². The highest BCUT2D eigenvalue weighted by molar-refractivity contribution is 5.99. The Labute approximate surface area is 167 Å². The first-order chi connectivity index (χ1) is 13.7. The van der Waals surface area contributed by atoms with Crippen LogP contribution >= 0.6 is 0 Å². The number of fused-ring (bicyclic) bond motifs is 1. The van der Waals surface area contributed by atoms with Gasteiger partial charge < -0.3 is 0 Å². The summed E-state index contributed by atoms with van der Waals surface area (Å²) in [6.45, 7) is 4.23. The number of hydrogen-bond donors (Lipinski definition) is 0. The SMILES string of the molecule is Cc1ccc(/C=C\c2cccc3cccc(/C=C\c4ccc(C)cc4)c23)cc1. The molecule has 0 saturated heterocycles. The summed E-state index contributed by atoms with van der Waals surface area (Å²) in [7, 11) is 0. The number of aryl methyl sites for hydroxylation is 2. The third kappa shape index (κ3) is 4.13. The van der Waals surface area contributed by atoms with Crippen LogP contribution in [0.5, 0.6) is 0 Å². The van der Waals surface area contributed by atoms with Gasteiger partial charge in [0.15, 0.2) is 0 Å². The van der Waals surface area contributed by atoms with E-state index >= 15 is 0 Å². The molecule has 0 saturated carbocycles. The van der Waals surface area contributed by atoms with Crippen molar-refractivity contribution in [3.05, 3.63) is 118 Å². The quantitative estimate of drug-likeness (QED) is 0.326. The fourth-order valence-electron chi connectivity index (χ4n) is 3.40. The largest absolute Gasteiger partial charge is 0.0610 e. The third-order valence-corrected chi connectivity index (χ3v) is 5.03. The second-order valence-electron chi connectivity index (χ2n) is 7.28. The molecule has 0 aromatic heterocycles. The van der Waals surface area contributed by atoms with E-state index in [4.69, 9.17) is 0 Å². The molecule has 4 aromatic rings. The monoisotopic (exact) mass is 360 g/mol. The van der Waals surface area contributed by atoms with E-state index in [0.29, 0.717) is 0 Å². The van der Waals surface area contributed by atoms with Crippen molar-refractivity contribution in [2.45, 2.75) is 13.8 Å². The van der Waals surface area contributed by atoms with Gasteiger partial charge in [0.25, 0.3) is 0 Å². The third-order valence-electron chi connectivity index (χ3n) is 5.03. The first-order valence-electron chi connectivity index (χ1n) is 9.70. The Morgan fingerprint density at radius 1 is 0.464 bits per heavy atom. The average Bonchev–Trinajstić information content (AvgIpc) is 2.73. The molecule has 4 aromatic carbocycles. The van der Waals surface area contributed by atoms with Gasteiger partial charge in [-0.3, -0.25) is 0 Å². The number of rotatable bonds is 4. The Hall–Kier alpha value is -3.38. The van der Waals surface area contributed by atoms with Crippen LogP contribution in [0.2, 0.25) is 0 Å². The van der Waals surface area contributed by atoms with Gasteiger partial charge in [-0.2, -0.15) is 0 Å². The minimum absolute atomic E-state index is 1.22. The van der Waals surface area contributed by atoms with Crippen molar-refractivity contribution in [2.24, 2.45) is 0 Å². The molecule has 0 bridgehead atoms. The lowest BCUT2D eigenvalue weighted by Gasteiger charge is -2.07. The van der Waals surface area contributed by atoms with Gasteiger partial charge in [-0.1, -0.05) is 120 Å². The van der Waals surface area contributed by atoms with Crippen molar-refractivity contribution in [3.8, 4) is 0 Å². The second-order valence-corrected chi connectivity index (χ2v) is 7.28. The number of benzene rings is 4. The Kier molecular flexibility index (Phi) is 5.21. The van der Waals surface area contributed by atoms with Crippen molar-refractivity contribution in [3.63, 3.8) is 0 Å². The fourth-order valence-corrected chi connectivity index (χ4v) is 3.40. The zero-order valence-electron chi connectivity index (χ0n) is 16.4. The van der Waals surface area contributed by atoms with E-state index in [1.807, 2.05) is 0 Å². The molecule has 0 aliphatic rings. The molecule has 0 unspecified atom stereocenters. The lowest BCUT2D eigenvalue weighted by atomic mass is 9.97. The van der Waals surface area contributed by atoms with Crippen LogP contribution in [0.25, 0.3) is 35.1 Å². The van der Waals surface area contributed by atoms with Crippen LogP contribution in [0.1, 0.15) is 33.4 Å². The Balaban J connectivity index is 1.73. The molecule has 28 heavy (non-hydrogen) atoms. The topological polar surface area (TPSA) is 0 Å². The molecule has 0 spiro atoms. The van der Waals surface area contributed by atoms with Crippen LogP contribution in [0.15, 0.2) is 84.9 Å². The molecule has 4 rings (SSSR count). The lowest BCUT2D eigenvalue weighted by Crippen LogP contribution is -1.83. The Morgan fingerprint density at radius 3 is 1.32 bits per heavy atom. The summed E-state index contributed by atoms with van der Waals surface area (Å²) in [5.74, 6) is 0. The molecule has 0 nitrogen and oxygen atoms in total. The van der Waals surface area contributed by atoms with Crippen molar-refractivity contribution in [2.75, 3.05) is 0 Å². The standard InChI is InChI=1S/C28H24/c1-21-9-13-23(14-10-21)17-19-26-7-3-5-25-6-4-8-27(28(25)26)20-18-24-15-11-22(2)12-16-24/h3-20H,1-2H3/b19-17-,20-18-. The smallest absolute Gasteiger partial charge is 0.00389 e. The van der Waals surface area contributed by atoms with Gasteiger partial charge in [-0.25, -0.2) is 0 Å². The van der Waals surface area contributed by atoms with E-state index in [-0.39, 0.29) is 0 Å². The maximum absolute atomic E-state index is 2.22. The summed E-state index contributed by atoms with van der Waals surface area (Å²) in [5, 5.41) is 2.55. The molecule has 0 heteroatoms. The van der Waals surface area contributed by atoms with Crippen molar-refractivity contribution in [1.29, 1.82) is 0 Å². The molecule has 0 amide bonds. The van der Waals surface area contributed by atoms with E-state index in [1.165, 1.54) is 44.2 Å². The molecular formula is C28H24. The summed E-state index contributed by atoms with van der Waals surface area (Å²) in [4.78, 5) is 0. The van der Waals surface area contributed by atoms with Crippen LogP contribution in [0, 0.1) is 13.8 Å². The first kappa shape index (κ1) is 18.0. The maximum atomic E-state index is 2.22. The molecule has 0 aliphatic carbocycles. The summed E-state index contributed by atoms with van der Waals surface area (Å²) in [5.41, 5.74) is 7.48. The highest BCUT2D eigenvalue weighted by Crippen LogP contribution is 2.26. The van der Waals surface area contributed by atoms with Gasteiger partial charge in [0.05, 0.1) is 0 Å². The van der Waals surface area contributed by atoms with Crippen molar-refractivity contribution >= 4 is 35.1 Å². The summed E-state index contributed by atoms with van der Waals surface area (Å²) in [6, 6.07) is 30.3. The minimum atomic E-state index is 1.22. The normalized spacial score (nSPS) is 11.6. The zero-order valence-corrected chi connectivity index (χ0v) is 16.4. The summed E-state index contributed by atoms with van der Waals surface area (Å²) >= 11 is 0. The van der Waals surface area contributed by atoms with Crippen LogP contribution < -0.4 is 0 Å².